The Morgan fingerprint density at radius 3 is 2.50 bits per heavy atom. The average molecular weight is 216 g/mol. The van der Waals surface area contributed by atoms with Crippen LogP contribution >= 0.6 is 0 Å². The van der Waals surface area contributed by atoms with E-state index >= 15 is 0 Å². The Bertz CT molecular complexity index is 564. The highest BCUT2D eigenvalue weighted by molar-refractivity contribution is 5.77. The molecule has 0 saturated heterocycles. The Morgan fingerprint density at radius 2 is 1.94 bits per heavy atom. The lowest BCUT2D eigenvalue weighted by atomic mass is 10.0. The van der Waals surface area contributed by atoms with Gasteiger partial charge in [-0.05, 0) is 24.6 Å². The highest BCUT2D eigenvalue weighted by Gasteiger charge is 2.16. The van der Waals surface area contributed by atoms with Crippen molar-refractivity contribution in [3.8, 4) is 17.2 Å². The third-order valence-electron chi connectivity index (χ3n) is 2.36. The molecule has 80 valence electrons. The number of hydrogen-bond donors (Lipinski definition) is 1. The third-order valence-corrected chi connectivity index (χ3v) is 2.36. The maximum absolute atomic E-state index is 12.8. The number of nitrogens with zero attached hydrogens (tertiary/aromatic N) is 1. The van der Waals surface area contributed by atoms with Crippen molar-refractivity contribution in [2.24, 2.45) is 0 Å². The van der Waals surface area contributed by atoms with Crippen molar-refractivity contribution in [3.63, 3.8) is 0 Å². The average Bonchev–Trinajstić information content (AvgIpc) is 2.54. The standard InChI is InChI=1S/C12H9FN2O/c1-7-11(10(6-14)12(15)16-7)8-2-4-9(13)5-3-8/h2-5H,15H2,1H3. The molecule has 0 aliphatic heterocycles. The van der Waals surface area contributed by atoms with Crippen LogP contribution in [0, 0.1) is 24.1 Å². The molecule has 2 aromatic rings. The number of benzene rings is 1. The summed E-state index contributed by atoms with van der Waals surface area (Å²) in [7, 11) is 0. The molecule has 0 fully saturated rings. The Hall–Kier alpha value is -2.28. The zero-order valence-electron chi connectivity index (χ0n) is 8.62. The van der Waals surface area contributed by atoms with E-state index in [0.717, 1.165) is 5.56 Å². The van der Waals surface area contributed by atoms with Crippen molar-refractivity contribution in [3.05, 3.63) is 41.4 Å². The lowest BCUT2D eigenvalue weighted by Gasteiger charge is -1.99. The molecular formula is C12H9FN2O. The molecule has 2 rings (SSSR count). The molecule has 0 unspecified atom stereocenters. The van der Waals surface area contributed by atoms with Gasteiger partial charge in [-0.3, -0.25) is 0 Å². The first-order chi connectivity index (χ1) is 7.63. The summed E-state index contributed by atoms with van der Waals surface area (Å²) in [6, 6.07) is 7.83. The van der Waals surface area contributed by atoms with Gasteiger partial charge >= 0.3 is 0 Å². The molecular weight excluding hydrogens is 207 g/mol. The van der Waals surface area contributed by atoms with Gasteiger partial charge in [0.05, 0.1) is 0 Å². The zero-order chi connectivity index (χ0) is 11.7. The Kier molecular flexibility index (Phi) is 2.37. The largest absolute Gasteiger partial charge is 0.444 e. The van der Waals surface area contributed by atoms with Crippen molar-refractivity contribution < 1.29 is 8.81 Å². The number of anilines is 1. The topological polar surface area (TPSA) is 62.9 Å². The molecule has 0 aliphatic carbocycles. The van der Waals surface area contributed by atoms with Gasteiger partial charge in [0.1, 0.15) is 23.2 Å². The second-order valence-electron chi connectivity index (χ2n) is 3.39. The SMILES string of the molecule is Cc1oc(N)c(C#N)c1-c1ccc(F)cc1. The lowest BCUT2D eigenvalue weighted by Crippen LogP contribution is -1.86. The van der Waals surface area contributed by atoms with Crippen LogP contribution in [-0.2, 0) is 0 Å². The third kappa shape index (κ3) is 1.52. The molecule has 3 nitrogen and oxygen atoms in total. The van der Waals surface area contributed by atoms with Gasteiger partial charge in [0, 0.05) is 5.56 Å². The number of furan rings is 1. The van der Waals surface area contributed by atoms with E-state index in [2.05, 4.69) is 0 Å². The van der Waals surface area contributed by atoms with Crippen LogP contribution in [0.1, 0.15) is 11.3 Å². The van der Waals surface area contributed by atoms with Crippen molar-refractivity contribution in [2.75, 3.05) is 5.73 Å². The molecule has 0 atom stereocenters. The number of hydrogen-bond acceptors (Lipinski definition) is 3. The van der Waals surface area contributed by atoms with Gasteiger partial charge in [-0.25, -0.2) is 4.39 Å². The summed E-state index contributed by atoms with van der Waals surface area (Å²) in [5.74, 6) is 0.330. The second kappa shape index (κ2) is 3.70. The summed E-state index contributed by atoms with van der Waals surface area (Å²) in [6.07, 6.45) is 0. The summed E-state index contributed by atoms with van der Waals surface area (Å²) >= 11 is 0. The highest BCUT2D eigenvalue weighted by atomic mass is 19.1. The van der Waals surface area contributed by atoms with Gasteiger partial charge < -0.3 is 10.2 Å². The molecule has 1 heterocycles. The second-order valence-corrected chi connectivity index (χ2v) is 3.39. The van der Waals surface area contributed by atoms with E-state index in [4.69, 9.17) is 15.4 Å². The number of nitriles is 1. The molecule has 0 aliphatic rings. The minimum Gasteiger partial charge on any atom is -0.444 e. The van der Waals surface area contributed by atoms with Crippen molar-refractivity contribution >= 4 is 5.88 Å². The number of nitrogens with two attached hydrogens (primary N) is 1. The first kappa shape index (κ1) is 10.2. The van der Waals surface area contributed by atoms with Gasteiger partial charge in [0.2, 0.25) is 5.88 Å². The fourth-order valence-electron chi connectivity index (χ4n) is 1.64. The van der Waals surface area contributed by atoms with Crippen LogP contribution in [0.4, 0.5) is 10.3 Å². The van der Waals surface area contributed by atoms with E-state index in [0.29, 0.717) is 16.9 Å². The minimum atomic E-state index is -0.323. The van der Waals surface area contributed by atoms with Gasteiger partial charge in [-0.15, -0.1) is 0 Å². The summed E-state index contributed by atoms with van der Waals surface area (Å²) in [6.45, 7) is 1.72. The summed E-state index contributed by atoms with van der Waals surface area (Å²) in [5.41, 5.74) is 7.20. The first-order valence-electron chi connectivity index (χ1n) is 4.68. The molecule has 0 amide bonds. The van der Waals surface area contributed by atoms with Crippen LogP contribution in [0.15, 0.2) is 28.7 Å². The fourth-order valence-corrected chi connectivity index (χ4v) is 1.64. The Balaban J connectivity index is 2.64. The fraction of sp³-hybridized carbons (Fsp3) is 0.0833. The molecule has 0 radical (unpaired) electrons. The predicted molar refractivity (Wildman–Crippen MR) is 58.0 cm³/mol. The highest BCUT2D eigenvalue weighted by Crippen LogP contribution is 2.33. The molecule has 1 aromatic carbocycles. The summed E-state index contributed by atoms with van der Waals surface area (Å²) in [5, 5.41) is 8.96. The lowest BCUT2D eigenvalue weighted by molar-refractivity contribution is 0.554. The number of rotatable bonds is 1. The molecule has 0 saturated carbocycles. The first-order valence-corrected chi connectivity index (χ1v) is 4.68. The van der Waals surface area contributed by atoms with Crippen LogP contribution in [0.5, 0.6) is 0 Å². The van der Waals surface area contributed by atoms with E-state index < -0.39 is 0 Å². The normalized spacial score (nSPS) is 10.1. The van der Waals surface area contributed by atoms with Crippen molar-refractivity contribution in [1.29, 1.82) is 5.26 Å². The van der Waals surface area contributed by atoms with Crippen LogP contribution in [0.2, 0.25) is 0 Å². The van der Waals surface area contributed by atoms with Gasteiger partial charge in [-0.1, -0.05) is 12.1 Å². The maximum atomic E-state index is 12.8. The van der Waals surface area contributed by atoms with Gasteiger partial charge in [0.25, 0.3) is 0 Å². The van der Waals surface area contributed by atoms with Gasteiger partial charge in [-0.2, -0.15) is 5.26 Å². The van der Waals surface area contributed by atoms with E-state index in [1.807, 2.05) is 6.07 Å². The zero-order valence-corrected chi connectivity index (χ0v) is 8.62. The van der Waals surface area contributed by atoms with Crippen molar-refractivity contribution in [2.45, 2.75) is 6.92 Å². The quantitative estimate of drug-likeness (QED) is 0.797. The molecule has 4 heteroatoms. The van der Waals surface area contributed by atoms with Crippen LogP contribution in [0.3, 0.4) is 0 Å². The molecule has 16 heavy (non-hydrogen) atoms. The summed E-state index contributed by atoms with van der Waals surface area (Å²) in [4.78, 5) is 0. The summed E-state index contributed by atoms with van der Waals surface area (Å²) < 4.78 is 18.0. The van der Waals surface area contributed by atoms with Crippen molar-refractivity contribution in [1.82, 2.24) is 0 Å². The molecule has 2 N–H and O–H groups in total. The smallest absolute Gasteiger partial charge is 0.209 e. The van der Waals surface area contributed by atoms with E-state index in [1.165, 1.54) is 12.1 Å². The van der Waals surface area contributed by atoms with E-state index in [9.17, 15) is 4.39 Å². The van der Waals surface area contributed by atoms with E-state index in [-0.39, 0.29) is 11.7 Å². The molecule has 0 bridgehead atoms. The maximum Gasteiger partial charge on any atom is 0.209 e. The van der Waals surface area contributed by atoms with Crippen LogP contribution in [0.25, 0.3) is 11.1 Å². The number of aryl methyl sites for hydroxylation is 1. The number of halogens is 1. The minimum absolute atomic E-state index is 0.0966. The predicted octanol–water partition coefficient (Wildman–Crippen LogP) is 2.85. The van der Waals surface area contributed by atoms with E-state index in [1.54, 1.807) is 19.1 Å². The monoisotopic (exact) mass is 216 g/mol. The van der Waals surface area contributed by atoms with Crippen LogP contribution in [-0.4, -0.2) is 0 Å². The Labute approximate surface area is 91.9 Å². The Morgan fingerprint density at radius 1 is 1.31 bits per heavy atom. The van der Waals surface area contributed by atoms with Crippen LogP contribution < -0.4 is 5.73 Å². The van der Waals surface area contributed by atoms with Gasteiger partial charge in [0.15, 0.2) is 0 Å². The number of nitrogen functional groups attached to an aromatic ring is 1. The molecule has 1 aromatic heterocycles. The molecule has 0 spiro atoms.